The molecule has 1 rings (SSSR count). The van der Waals surface area contributed by atoms with Crippen molar-refractivity contribution in [2.24, 2.45) is 10.8 Å². The molecular weight excluding hydrogens is 344 g/mol. The molecule has 0 unspecified atom stereocenters. The zero-order valence-electron chi connectivity index (χ0n) is 18.0. The number of aldehydes is 1. The fourth-order valence-corrected chi connectivity index (χ4v) is 3.38. The molecule has 158 valence electrons. The number of carbonyl (C=O) groups is 2. The summed E-state index contributed by atoms with van der Waals surface area (Å²) in [4.78, 5) is 23.3. The molecule has 0 spiro atoms. The van der Waals surface area contributed by atoms with Gasteiger partial charge in [0.1, 0.15) is 6.29 Å². The van der Waals surface area contributed by atoms with Gasteiger partial charge in [-0.15, -0.1) is 0 Å². The van der Waals surface area contributed by atoms with Crippen molar-refractivity contribution in [2.45, 2.75) is 78.4 Å². The van der Waals surface area contributed by atoms with Crippen LogP contribution < -0.4 is 10.6 Å². The summed E-state index contributed by atoms with van der Waals surface area (Å²) in [5.41, 5.74) is -0.490. The average Bonchev–Trinajstić information content (AvgIpc) is 2.59. The van der Waals surface area contributed by atoms with Crippen molar-refractivity contribution in [3.05, 3.63) is 0 Å². The molecule has 0 atom stereocenters. The molecule has 1 fully saturated rings. The maximum absolute atomic E-state index is 12.4. The third-order valence-electron chi connectivity index (χ3n) is 6.15. The number of likely N-dealkylation sites (N-methyl/N-ethyl adjacent to an activating group) is 1. The van der Waals surface area contributed by atoms with Crippen molar-refractivity contribution in [3.63, 3.8) is 0 Å². The number of amides is 1. The number of carbonyl (C=O) groups excluding carboxylic acids is 2. The Bertz CT molecular complexity index is 457. The zero-order chi connectivity index (χ0) is 20.4. The van der Waals surface area contributed by atoms with E-state index in [1.165, 1.54) is 6.42 Å². The van der Waals surface area contributed by atoms with Crippen LogP contribution in [0.3, 0.4) is 0 Å². The van der Waals surface area contributed by atoms with E-state index in [1.807, 2.05) is 34.7 Å². The lowest BCUT2D eigenvalue weighted by atomic mass is 9.64. The Morgan fingerprint density at radius 1 is 1.00 bits per heavy atom. The van der Waals surface area contributed by atoms with Gasteiger partial charge in [-0.2, -0.15) is 0 Å². The molecule has 0 aromatic rings. The fraction of sp³-hybridized carbons (Fsp3) is 0.905. The number of hydrogen-bond donors (Lipinski definition) is 2. The second-order valence-electron chi connectivity index (χ2n) is 8.94. The predicted octanol–water partition coefficient (Wildman–Crippen LogP) is 3.05. The van der Waals surface area contributed by atoms with Crippen LogP contribution in [0.15, 0.2) is 0 Å². The third kappa shape index (κ3) is 7.88. The highest BCUT2D eigenvalue weighted by Gasteiger charge is 2.38. The first-order valence-electron chi connectivity index (χ1n) is 10.3. The second kappa shape index (κ2) is 11.1. The first-order chi connectivity index (χ1) is 12.7. The molecule has 1 amide bonds. The quantitative estimate of drug-likeness (QED) is 0.290. The molecule has 6 nitrogen and oxygen atoms in total. The molecule has 27 heavy (non-hydrogen) atoms. The summed E-state index contributed by atoms with van der Waals surface area (Å²) >= 11 is 0. The second-order valence-corrected chi connectivity index (χ2v) is 8.94. The Hall–Kier alpha value is -0.980. The summed E-state index contributed by atoms with van der Waals surface area (Å²) in [5, 5.41) is 6.05. The molecule has 6 heteroatoms. The van der Waals surface area contributed by atoms with Gasteiger partial charge in [0.25, 0.3) is 0 Å². The van der Waals surface area contributed by atoms with Gasteiger partial charge >= 0.3 is 0 Å². The van der Waals surface area contributed by atoms with Gasteiger partial charge in [-0.05, 0) is 30.7 Å². The van der Waals surface area contributed by atoms with Crippen LogP contribution in [0, 0.1) is 10.8 Å². The number of nitrogens with one attached hydrogen (secondary N) is 2. The van der Waals surface area contributed by atoms with Crippen LogP contribution in [0.1, 0.15) is 72.6 Å². The summed E-state index contributed by atoms with van der Waals surface area (Å²) in [5.74, 6) is -0.498. The van der Waals surface area contributed by atoms with Gasteiger partial charge in [0, 0.05) is 38.8 Å². The summed E-state index contributed by atoms with van der Waals surface area (Å²) in [7, 11) is 1.91. The number of ether oxygens (including phenoxy) is 2. The monoisotopic (exact) mass is 384 g/mol. The summed E-state index contributed by atoms with van der Waals surface area (Å²) in [6, 6.07) is 0. The van der Waals surface area contributed by atoms with E-state index in [-0.39, 0.29) is 16.7 Å². The lowest BCUT2D eigenvalue weighted by molar-refractivity contribution is -0.250. The maximum Gasteiger partial charge on any atom is 0.220 e. The Morgan fingerprint density at radius 3 is 2.15 bits per heavy atom. The van der Waals surface area contributed by atoms with Crippen LogP contribution in [0.5, 0.6) is 0 Å². The van der Waals surface area contributed by atoms with E-state index < -0.39 is 5.79 Å². The van der Waals surface area contributed by atoms with Crippen molar-refractivity contribution in [1.82, 2.24) is 10.6 Å². The predicted molar refractivity (Wildman–Crippen MR) is 108 cm³/mol. The van der Waals surface area contributed by atoms with Gasteiger partial charge in [0.2, 0.25) is 5.91 Å². The first-order valence-corrected chi connectivity index (χ1v) is 10.3. The number of rotatable bonds is 13. The van der Waals surface area contributed by atoms with Gasteiger partial charge in [-0.3, -0.25) is 4.79 Å². The van der Waals surface area contributed by atoms with Crippen LogP contribution in [-0.2, 0) is 19.1 Å². The molecule has 1 aliphatic rings. The molecule has 0 bridgehead atoms. The highest BCUT2D eigenvalue weighted by atomic mass is 16.7. The molecule has 0 aromatic carbocycles. The molecule has 0 aromatic heterocycles. The lowest BCUT2D eigenvalue weighted by Gasteiger charge is -2.40. The topological polar surface area (TPSA) is 76.7 Å². The molecule has 1 saturated carbocycles. The van der Waals surface area contributed by atoms with Gasteiger partial charge in [0.05, 0.1) is 13.2 Å². The van der Waals surface area contributed by atoms with Crippen molar-refractivity contribution in [2.75, 3.05) is 33.4 Å². The first kappa shape index (κ1) is 24.1. The summed E-state index contributed by atoms with van der Waals surface area (Å²) < 4.78 is 12.1. The van der Waals surface area contributed by atoms with Crippen molar-refractivity contribution in [1.29, 1.82) is 0 Å². The zero-order valence-corrected chi connectivity index (χ0v) is 18.0. The van der Waals surface area contributed by atoms with Crippen LogP contribution in [0.4, 0.5) is 0 Å². The molecule has 0 aliphatic heterocycles. The van der Waals surface area contributed by atoms with Crippen molar-refractivity contribution >= 4 is 12.2 Å². The molecule has 2 N–H and O–H groups in total. The molecular formula is C21H40N2O4. The minimum Gasteiger partial charge on any atom is -0.354 e. The van der Waals surface area contributed by atoms with Crippen molar-refractivity contribution in [3.8, 4) is 0 Å². The molecule has 0 radical (unpaired) electrons. The maximum atomic E-state index is 12.4. The standard InChI is InChI=1S/C21H40N2O4/c1-19(2,11-14-24)20(3,4)17-18(25)23-13-16-27-21(26-15-12-22-5)9-7-6-8-10-21/h14,22H,6-13,15-17H2,1-5H3,(H,23,25). The Kier molecular flexibility index (Phi) is 9.91. The average molecular weight is 385 g/mol. The van der Waals surface area contributed by atoms with E-state index in [9.17, 15) is 9.59 Å². The Labute approximate surface area is 165 Å². The largest absolute Gasteiger partial charge is 0.354 e. The Balaban J connectivity index is 2.41. The SMILES string of the molecule is CNCCOC1(OCCNC(=O)CC(C)(C)C(C)(C)CC=O)CCCCC1. The molecule has 0 heterocycles. The van der Waals surface area contributed by atoms with Gasteiger partial charge < -0.3 is 24.9 Å². The fourth-order valence-electron chi connectivity index (χ4n) is 3.38. The van der Waals surface area contributed by atoms with E-state index in [4.69, 9.17) is 9.47 Å². The smallest absolute Gasteiger partial charge is 0.220 e. The highest BCUT2D eigenvalue weighted by molar-refractivity contribution is 5.76. The highest BCUT2D eigenvalue weighted by Crippen LogP contribution is 2.43. The minimum absolute atomic E-state index is 0.00336. The van der Waals surface area contributed by atoms with Gasteiger partial charge in [-0.1, -0.05) is 34.1 Å². The van der Waals surface area contributed by atoms with E-state index in [1.54, 1.807) is 0 Å². The van der Waals surface area contributed by atoms with Crippen LogP contribution in [-0.4, -0.2) is 51.3 Å². The van der Waals surface area contributed by atoms with E-state index in [2.05, 4.69) is 10.6 Å². The van der Waals surface area contributed by atoms with Gasteiger partial charge in [0.15, 0.2) is 5.79 Å². The van der Waals surface area contributed by atoms with Crippen LogP contribution >= 0.6 is 0 Å². The normalized spacial score (nSPS) is 17.5. The van der Waals surface area contributed by atoms with Crippen molar-refractivity contribution < 1.29 is 19.1 Å². The van der Waals surface area contributed by atoms with Gasteiger partial charge in [-0.25, -0.2) is 0 Å². The van der Waals surface area contributed by atoms with E-state index in [0.717, 1.165) is 38.5 Å². The minimum atomic E-state index is -0.495. The number of hydrogen-bond acceptors (Lipinski definition) is 5. The summed E-state index contributed by atoms with van der Waals surface area (Å²) in [6.45, 7) is 10.5. The van der Waals surface area contributed by atoms with E-state index in [0.29, 0.717) is 32.6 Å². The van der Waals surface area contributed by atoms with Crippen LogP contribution in [0.2, 0.25) is 0 Å². The third-order valence-corrected chi connectivity index (χ3v) is 6.15. The molecule has 1 aliphatic carbocycles. The van der Waals surface area contributed by atoms with Crippen LogP contribution in [0.25, 0.3) is 0 Å². The lowest BCUT2D eigenvalue weighted by Crippen LogP contribution is -2.42. The Morgan fingerprint density at radius 2 is 1.59 bits per heavy atom. The molecule has 0 saturated heterocycles. The summed E-state index contributed by atoms with van der Waals surface area (Å²) in [6.07, 6.45) is 7.06. The van der Waals surface area contributed by atoms with E-state index >= 15 is 0 Å².